The number of aliphatic hydroxyl groups excluding tert-OH is 6. The molecule has 1 amide bonds. The molecule has 8 N–H and O–H groups in total. The monoisotopic (exact) mass is 679 g/mol. The lowest BCUT2D eigenvalue weighted by atomic mass is 9.69. The molecule has 1 aliphatic rings. The topological polar surface area (TPSA) is 200 Å². The first-order valence-corrected chi connectivity index (χ1v) is 18.0. The van der Waals surface area contributed by atoms with E-state index >= 15 is 0 Å². The Balaban J connectivity index is 1.73. The molecule has 0 unspecified atom stereocenters. The van der Waals surface area contributed by atoms with Crippen molar-refractivity contribution in [2.24, 2.45) is 5.41 Å². The van der Waals surface area contributed by atoms with E-state index in [1.54, 1.807) is 30.3 Å². The summed E-state index contributed by atoms with van der Waals surface area (Å²) in [5.74, 6) is -0.999. The number of amides is 1. The minimum Gasteiger partial charge on any atom is -0.394 e. The molecule has 0 bridgehead atoms. The van der Waals surface area contributed by atoms with E-state index in [0.717, 1.165) is 12.1 Å². The first-order valence-electron chi connectivity index (χ1n) is 16.4. The predicted octanol–water partition coefficient (Wildman–Crippen LogP) is 1.36. The van der Waals surface area contributed by atoms with Crippen LogP contribution < -0.4 is 15.5 Å². The molecule has 3 rings (SSSR count). The summed E-state index contributed by atoms with van der Waals surface area (Å²) in [6, 6.07) is 12.5. The molecular weight excluding hydrogens is 626 g/mol. The number of anilines is 2. The molecule has 264 valence electrons. The van der Waals surface area contributed by atoms with E-state index in [1.807, 2.05) is 45.0 Å². The molecule has 0 spiro atoms. The standard InChI is InChI=1S/C34H53N3O9S/c1-5-15-34(6-2)21-47(45,46)28-14-13-24(37(3)4)18-25(28)30(33(34)44)22-10-9-11-23(17-22)36-29(41)12-7-8-16-35-19-26(39)31(42)32(43)27(40)20-38/h9-11,13-14,17-18,26-27,30-33,35,38-40,42-44H,5-8,12,15-16,19-21H2,1-4H3,(H,36,41)/t26-,27+,30+,31+,32+,33+,34+/m0/s1. The number of hydrogen-bond donors (Lipinski definition) is 8. The number of nitrogens with zero attached hydrogens (tertiary/aromatic N) is 1. The molecule has 1 heterocycles. The minimum absolute atomic E-state index is 0.0551. The highest BCUT2D eigenvalue weighted by Crippen LogP contribution is 2.49. The maximum Gasteiger partial charge on any atom is 0.224 e. The van der Waals surface area contributed by atoms with Crippen LogP contribution in [-0.2, 0) is 14.6 Å². The molecule has 0 saturated heterocycles. The summed E-state index contributed by atoms with van der Waals surface area (Å²) in [6.45, 7) is 3.55. The smallest absolute Gasteiger partial charge is 0.224 e. The van der Waals surface area contributed by atoms with Gasteiger partial charge in [0.15, 0.2) is 9.84 Å². The summed E-state index contributed by atoms with van der Waals surface area (Å²) in [5, 5.41) is 65.9. The Morgan fingerprint density at radius 1 is 1.02 bits per heavy atom. The van der Waals surface area contributed by atoms with Crippen LogP contribution in [0.2, 0.25) is 0 Å². The number of carbonyl (C=O) groups excluding carboxylic acids is 1. The van der Waals surface area contributed by atoms with Crippen molar-refractivity contribution in [2.45, 2.75) is 93.7 Å². The number of nitrogens with one attached hydrogen (secondary N) is 2. The molecule has 0 radical (unpaired) electrons. The average molecular weight is 680 g/mol. The van der Waals surface area contributed by atoms with Gasteiger partial charge in [-0.05, 0) is 73.7 Å². The van der Waals surface area contributed by atoms with Crippen molar-refractivity contribution in [3.05, 3.63) is 53.6 Å². The molecule has 2 aromatic rings. The number of fused-ring (bicyclic) bond motifs is 1. The fraction of sp³-hybridized carbons (Fsp3) is 0.618. The molecule has 0 fully saturated rings. The highest BCUT2D eigenvalue weighted by Gasteiger charge is 2.49. The predicted molar refractivity (Wildman–Crippen MR) is 181 cm³/mol. The zero-order chi connectivity index (χ0) is 34.9. The number of benzene rings is 2. The summed E-state index contributed by atoms with van der Waals surface area (Å²) in [5.41, 5.74) is 1.76. The molecule has 13 heteroatoms. The van der Waals surface area contributed by atoms with Gasteiger partial charge in [0.25, 0.3) is 0 Å². The lowest BCUT2D eigenvalue weighted by Gasteiger charge is -2.39. The number of sulfone groups is 1. The van der Waals surface area contributed by atoms with E-state index in [2.05, 4.69) is 10.6 Å². The van der Waals surface area contributed by atoms with Gasteiger partial charge in [-0.25, -0.2) is 8.42 Å². The summed E-state index contributed by atoms with van der Waals surface area (Å²) < 4.78 is 27.6. The van der Waals surface area contributed by atoms with Gasteiger partial charge in [0.2, 0.25) is 5.91 Å². The van der Waals surface area contributed by atoms with E-state index in [9.17, 15) is 38.7 Å². The molecule has 0 saturated carbocycles. The van der Waals surface area contributed by atoms with Crippen LogP contribution >= 0.6 is 0 Å². The van der Waals surface area contributed by atoms with E-state index in [4.69, 9.17) is 5.11 Å². The lowest BCUT2D eigenvalue weighted by molar-refractivity contribution is -0.116. The summed E-state index contributed by atoms with van der Waals surface area (Å²) in [4.78, 5) is 15.0. The molecule has 7 atom stereocenters. The zero-order valence-corrected chi connectivity index (χ0v) is 28.7. The molecule has 1 aliphatic heterocycles. The highest BCUT2D eigenvalue weighted by molar-refractivity contribution is 7.91. The molecule has 0 aliphatic carbocycles. The number of unbranched alkanes of at least 4 members (excludes halogenated alkanes) is 1. The summed E-state index contributed by atoms with van der Waals surface area (Å²) in [7, 11) is 0.0475. The first-order chi connectivity index (χ1) is 22.2. The van der Waals surface area contributed by atoms with Crippen molar-refractivity contribution in [1.29, 1.82) is 0 Å². The van der Waals surface area contributed by atoms with Crippen LogP contribution in [0.15, 0.2) is 47.4 Å². The van der Waals surface area contributed by atoms with Crippen LogP contribution in [0.4, 0.5) is 11.4 Å². The second-order valence-corrected chi connectivity index (χ2v) is 14.9. The third-order valence-corrected chi connectivity index (χ3v) is 11.3. The number of aliphatic hydroxyl groups is 6. The summed E-state index contributed by atoms with van der Waals surface area (Å²) in [6.07, 6.45) is -4.14. The van der Waals surface area contributed by atoms with Gasteiger partial charge in [-0.15, -0.1) is 0 Å². The Labute approximate surface area is 278 Å². The van der Waals surface area contributed by atoms with Crippen LogP contribution in [0.3, 0.4) is 0 Å². The van der Waals surface area contributed by atoms with E-state index in [1.165, 1.54) is 0 Å². The third kappa shape index (κ3) is 9.51. The van der Waals surface area contributed by atoms with Crippen molar-refractivity contribution < 1.29 is 43.9 Å². The van der Waals surface area contributed by atoms with Crippen LogP contribution in [0.5, 0.6) is 0 Å². The first kappa shape index (κ1) is 38.8. The van der Waals surface area contributed by atoms with Crippen LogP contribution in [-0.4, -0.2) is 115 Å². The van der Waals surface area contributed by atoms with Crippen molar-refractivity contribution in [2.75, 3.05) is 49.8 Å². The van der Waals surface area contributed by atoms with Crippen LogP contribution in [0.1, 0.15) is 69.4 Å². The minimum atomic E-state index is -3.71. The van der Waals surface area contributed by atoms with E-state index < -0.39 is 58.3 Å². The molecule has 12 nitrogen and oxygen atoms in total. The quantitative estimate of drug-likeness (QED) is 0.112. The van der Waals surface area contributed by atoms with Gasteiger partial charge < -0.3 is 46.2 Å². The van der Waals surface area contributed by atoms with Gasteiger partial charge in [0.1, 0.15) is 18.3 Å². The maximum absolute atomic E-state index is 13.8. The Hall–Kier alpha value is -2.62. The molecule has 2 aromatic carbocycles. The molecular formula is C34H53N3O9S. The fourth-order valence-electron chi connectivity index (χ4n) is 6.48. The van der Waals surface area contributed by atoms with E-state index in [-0.39, 0.29) is 29.5 Å². The average Bonchev–Trinajstić information content (AvgIpc) is 3.11. The van der Waals surface area contributed by atoms with Crippen molar-refractivity contribution >= 4 is 27.1 Å². The van der Waals surface area contributed by atoms with Gasteiger partial charge in [-0.1, -0.05) is 32.4 Å². The maximum atomic E-state index is 13.8. The SMILES string of the molecule is CCC[C@]1(CC)CS(=O)(=O)c2ccc(N(C)C)cc2[C@@H](c2cccc(NC(=O)CCCCNC[C@H](O)[C@@H](O)[C@H](O)[C@H](O)CO)c2)[C@H]1O. The van der Waals surface area contributed by atoms with Gasteiger partial charge in [-0.2, -0.15) is 0 Å². The Morgan fingerprint density at radius 2 is 1.72 bits per heavy atom. The van der Waals surface area contributed by atoms with Gasteiger partial charge in [0, 0.05) is 49.8 Å². The van der Waals surface area contributed by atoms with Crippen molar-refractivity contribution in [3.63, 3.8) is 0 Å². The van der Waals surface area contributed by atoms with Gasteiger partial charge >= 0.3 is 0 Å². The zero-order valence-electron chi connectivity index (χ0n) is 27.8. The number of carbonyl (C=O) groups is 1. The third-order valence-electron chi connectivity index (χ3n) is 9.27. The van der Waals surface area contributed by atoms with Crippen molar-refractivity contribution in [3.8, 4) is 0 Å². The Kier molecular flexibility index (Phi) is 14.2. The Morgan fingerprint density at radius 3 is 2.36 bits per heavy atom. The van der Waals surface area contributed by atoms with Crippen molar-refractivity contribution in [1.82, 2.24) is 5.32 Å². The fourth-order valence-corrected chi connectivity index (χ4v) is 8.73. The normalized spacial score (nSPS) is 23.2. The Bertz CT molecular complexity index is 1420. The van der Waals surface area contributed by atoms with Gasteiger partial charge in [0.05, 0.1) is 29.5 Å². The summed E-state index contributed by atoms with van der Waals surface area (Å²) >= 11 is 0. The second-order valence-electron chi connectivity index (χ2n) is 12.9. The largest absolute Gasteiger partial charge is 0.394 e. The molecule has 47 heavy (non-hydrogen) atoms. The number of rotatable bonds is 17. The lowest BCUT2D eigenvalue weighted by Crippen LogP contribution is -2.49. The second kappa shape index (κ2) is 17.2. The highest BCUT2D eigenvalue weighted by atomic mass is 32.2. The van der Waals surface area contributed by atoms with Crippen LogP contribution in [0.25, 0.3) is 0 Å². The molecule has 0 aromatic heterocycles. The number of hydrogen-bond acceptors (Lipinski definition) is 11. The van der Waals surface area contributed by atoms with Crippen LogP contribution in [0, 0.1) is 5.41 Å². The van der Waals surface area contributed by atoms with Gasteiger partial charge in [-0.3, -0.25) is 4.79 Å². The van der Waals surface area contributed by atoms with E-state index in [0.29, 0.717) is 49.0 Å².